The predicted octanol–water partition coefficient (Wildman–Crippen LogP) is 2.85. The molecule has 0 saturated carbocycles. The number of hydrogen-bond donors (Lipinski definition) is 0. The summed E-state index contributed by atoms with van der Waals surface area (Å²) in [5, 5.41) is 0. The first-order chi connectivity index (χ1) is 13.7. The van der Waals surface area contributed by atoms with Gasteiger partial charge < -0.3 is 19.1 Å². The number of aromatic nitrogens is 1. The van der Waals surface area contributed by atoms with Crippen molar-refractivity contribution in [2.45, 2.75) is 32.0 Å². The van der Waals surface area contributed by atoms with Crippen molar-refractivity contribution in [3.8, 4) is 11.5 Å². The lowest BCUT2D eigenvalue weighted by molar-refractivity contribution is -0.139. The molecule has 0 bridgehead atoms. The molecule has 1 aromatic carbocycles. The average Bonchev–Trinajstić information content (AvgIpc) is 2.77. The van der Waals surface area contributed by atoms with E-state index in [4.69, 9.17) is 14.2 Å². The number of benzene rings is 1. The molecule has 0 unspecified atom stereocenters. The maximum Gasteiger partial charge on any atom is 0.229 e. The number of hydrogen-bond acceptors (Lipinski definition) is 5. The number of pyridine rings is 1. The van der Waals surface area contributed by atoms with Crippen molar-refractivity contribution in [1.82, 2.24) is 9.88 Å². The van der Waals surface area contributed by atoms with Gasteiger partial charge in [0.15, 0.2) is 11.5 Å². The van der Waals surface area contributed by atoms with E-state index in [1.165, 1.54) is 0 Å². The van der Waals surface area contributed by atoms with Crippen LogP contribution < -0.4 is 9.47 Å². The van der Waals surface area contributed by atoms with Gasteiger partial charge in [0.05, 0.1) is 25.7 Å². The molecule has 1 fully saturated rings. The number of methoxy groups -OCH3 is 1. The first kappa shape index (κ1) is 18.7. The Kier molecular flexibility index (Phi) is 5.76. The van der Waals surface area contributed by atoms with E-state index in [1.807, 2.05) is 41.4 Å². The molecule has 0 spiro atoms. The second-order valence-corrected chi connectivity index (χ2v) is 7.36. The second-order valence-electron chi connectivity index (χ2n) is 7.36. The molecule has 2 aromatic rings. The Morgan fingerprint density at radius 2 is 2.11 bits per heavy atom. The molecule has 0 radical (unpaired) electrons. The third kappa shape index (κ3) is 4.12. The number of amides is 1. The summed E-state index contributed by atoms with van der Waals surface area (Å²) in [4.78, 5) is 19.0. The van der Waals surface area contributed by atoms with Gasteiger partial charge >= 0.3 is 0 Å². The molecule has 3 heterocycles. The molecule has 6 heteroatoms. The van der Waals surface area contributed by atoms with Crippen molar-refractivity contribution >= 4 is 5.91 Å². The lowest BCUT2D eigenvalue weighted by Crippen LogP contribution is -2.46. The highest BCUT2D eigenvalue weighted by molar-refractivity contribution is 5.80. The molecular weight excluding hydrogens is 356 g/mol. The van der Waals surface area contributed by atoms with Crippen molar-refractivity contribution < 1.29 is 19.0 Å². The summed E-state index contributed by atoms with van der Waals surface area (Å²) in [6.07, 6.45) is 6.21. The van der Waals surface area contributed by atoms with E-state index in [0.717, 1.165) is 48.6 Å². The zero-order chi connectivity index (χ0) is 19.3. The summed E-state index contributed by atoms with van der Waals surface area (Å²) >= 11 is 0. The van der Waals surface area contributed by atoms with Crippen LogP contribution in [0.25, 0.3) is 0 Å². The Hall–Kier alpha value is -2.60. The number of carbonyl (C=O) groups excluding carboxylic acids is 1. The summed E-state index contributed by atoms with van der Waals surface area (Å²) in [6, 6.07) is 9.77. The Morgan fingerprint density at radius 1 is 1.25 bits per heavy atom. The normalized spacial score (nSPS) is 19.6. The topological polar surface area (TPSA) is 60.9 Å². The van der Waals surface area contributed by atoms with E-state index in [0.29, 0.717) is 19.6 Å². The van der Waals surface area contributed by atoms with Crippen LogP contribution in [0, 0.1) is 5.92 Å². The van der Waals surface area contributed by atoms with Crippen LogP contribution in [0.5, 0.6) is 11.5 Å². The van der Waals surface area contributed by atoms with Gasteiger partial charge in [-0.05, 0) is 42.5 Å². The Balaban J connectivity index is 1.28. The molecule has 1 atom stereocenters. The molecule has 1 amide bonds. The van der Waals surface area contributed by atoms with Crippen molar-refractivity contribution in [2.24, 2.45) is 5.92 Å². The summed E-state index contributed by atoms with van der Waals surface area (Å²) in [7, 11) is 1.64. The van der Waals surface area contributed by atoms with E-state index in [9.17, 15) is 4.79 Å². The highest BCUT2D eigenvalue weighted by atomic mass is 16.5. The van der Waals surface area contributed by atoms with Gasteiger partial charge in [-0.25, -0.2) is 0 Å². The fourth-order valence-corrected chi connectivity index (χ4v) is 3.91. The lowest BCUT2D eigenvalue weighted by atomic mass is 9.94. The fourth-order valence-electron chi connectivity index (χ4n) is 3.91. The van der Waals surface area contributed by atoms with Gasteiger partial charge in [0, 0.05) is 25.5 Å². The molecule has 0 aliphatic carbocycles. The van der Waals surface area contributed by atoms with E-state index >= 15 is 0 Å². The average molecular weight is 382 g/mol. The monoisotopic (exact) mass is 382 g/mol. The fraction of sp³-hybridized carbons (Fsp3) is 0.455. The van der Waals surface area contributed by atoms with Gasteiger partial charge in [0.25, 0.3) is 0 Å². The molecule has 0 N–H and O–H groups in total. The molecular formula is C22H26N2O4. The first-order valence-corrected chi connectivity index (χ1v) is 9.82. The Bertz CT molecular complexity index is 803. The van der Waals surface area contributed by atoms with E-state index in [1.54, 1.807) is 13.3 Å². The number of likely N-dealkylation sites (tertiary alicyclic amines) is 1. The predicted molar refractivity (Wildman–Crippen MR) is 104 cm³/mol. The van der Waals surface area contributed by atoms with E-state index in [2.05, 4.69) is 4.98 Å². The van der Waals surface area contributed by atoms with Crippen LogP contribution in [0.3, 0.4) is 0 Å². The molecule has 1 aromatic heterocycles. The molecule has 1 saturated heterocycles. The minimum atomic E-state index is -0.132. The highest BCUT2D eigenvalue weighted by Gasteiger charge is 2.32. The van der Waals surface area contributed by atoms with Crippen LogP contribution in [0.15, 0.2) is 42.7 Å². The third-order valence-corrected chi connectivity index (χ3v) is 5.49. The molecule has 28 heavy (non-hydrogen) atoms. The van der Waals surface area contributed by atoms with Crippen LogP contribution in [0.4, 0.5) is 0 Å². The van der Waals surface area contributed by atoms with Crippen molar-refractivity contribution in [1.29, 1.82) is 0 Å². The zero-order valence-corrected chi connectivity index (χ0v) is 16.2. The Labute approximate surface area is 165 Å². The maximum absolute atomic E-state index is 13.0. The van der Waals surface area contributed by atoms with Crippen LogP contribution in [0.2, 0.25) is 0 Å². The molecule has 4 rings (SSSR count). The number of para-hydroxylation sites is 1. The minimum absolute atomic E-state index is 0.132. The molecule has 6 nitrogen and oxygen atoms in total. The largest absolute Gasteiger partial charge is 0.493 e. The van der Waals surface area contributed by atoms with Gasteiger partial charge in [-0.15, -0.1) is 0 Å². The number of ether oxygens (including phenoxy) is 3. The van der Waals surface area contributed by atoms with E-state index < -0.39 is 0 Å². The summed E-state index contributed by atoms with van der Waals surface area (Å²) < 4.78 is 17.2. The van der Waals surface area contributed by atoms with Gasteiger partial charge in [-0.3, -0.25) is 9.78 Å². The number of nitrogens with zero attached hydrogens (tertiary/aromatic N) is 2. The summed E-state index contributed by atoms with van der Waals surface area (Å²) in [6.45, 7) is 2.45. The van der Waals surface area contributed by atoms with Crippen LogP contribution in [0.1, 0.15) is 24.0 Å². The molecule has 2 aliphatic rings. The highest BCUT2D eigenvalue weighted by Crippen LogP contribution is 2.36. The lowest BCUT2D eigenvalue weighted by Gasteiger charge is -2.35. The van der Waals surface area contributed by atoms with Gasteiger partial charge in [0.2, 0.25) is 5.91 Å². The number of piperidine rings is 1. The minimum Gasteiger partial charge on any atom is -0.493 e. The Morgan fingerprint density at radius 3 is 2.86 bits per heavy atom. The summed E-state index contributed by atoms with van der Waals surface area (Å²) in [5.41, 5.74) is 2.12. The zero-order valence-electron chi connectivity index (χ0n) is 16.2. The van der Waals surface area contributed by atoms with Crippen molar-refractivity contribution in [3.05, 3.63) is 53.9 Å². The van der Waals surface area contributed by atoms with Gasteiger partial charge in [-0.1, -0.05) is 18.2 Å². The van der Waals surface area contributed by atoms with Crippen LogP contribution in [-0.2, 0) is 22.6 Å². The van der Waals surface area contributed by atoms with Gasteiger partial charge in [0.1, 0.15) is 6.61 Å². The quantitative estimate of drug-likeness (QED) is 0.796. The number of carbonyl (C=O) groups is 1. The second kappa shape index (κ2) is 8.61. The van der Waals surface area contributed by atoms with Crippen LogP contribution >= 0.6 is 0 Å². The van der Waals surface area contributed by atoms with Crippen molar-refractivity contribution in [2.75, 3.05) is 26.8 Å². The number of rotatable bonds is 5. The van der Waals surface area contributed by atoms with Gasteiger partial charge in [-0.2, -0.15) is 0 Å². The van der Waals surface area contributed by atoms with Crippen LogP contribution in [-0.4, -0.2) is 48.7 Å². The number of fused-ring (bicyclic) bond motifs is 1. The molecule has 148 valence electrons. The van der Waals surface area contributed by atoms with Crippen molar-refractivity contribution in [3.63, 3.8) is 0 Å². The molecule has 2 aliphatic heterocycles. The standard InChI is InChI=1S/C22H26N2O4/c1-26-20-6-2-5-17-12-18(15-28-21(17)20)22(25)24-10-7-19(8-11-24)27-14-16-4-3-9-23-13-16/h2-6,9,13,18-19H,7-8,10-12,14-15H2,1H3/t18-/m1/s1. The smallest absolute Gasteiger partial charge is 0.229 e. The first-order valence-electron chi connectivity index (χ1n) is 9.82. The summed E-state index contributed by atoms with van der Waals surface area (Å²) in [5.74, 6) is 1.55. The maximum atomic E-state index is 13.0. The van der Waals surface area contributed by atoms with E-state index in [-0.39, 0.29) is 17.9 Å². The third-order valence-electron chi connectivity index (χ3n) is 5.49. The SMILES string of the molecule is COc1cccc2c1OC[C@H](C(=O)N1CCC(OCc3cccnc3)CC1)C2.